The summed E-state index contributed by atoms with van der Waals surface area (Å²) in [5.74, 6) is 0.484. The van der Waals surface area contributed by atoms with Crippen molar-refractivity contribution < 1.29 is 8.42 Å². The first-order valence-electron chi connectivity index (χ1n) is 8.17. The molecule has 1 fully saturated rings. The molecule has 23 heavy (non-hydrogen) atoms. The summed E-state index contributed by atoms with van der Waals surface area (Å²) >= 11 is 5.61. The van der Waals surface area contributed by atoms with Gasteiger partial charge < -0.3 is 10.2 Å². The lowest BCUT2D eigenvalue weighted by Crippen LogP contribution is -2.44. The fourth-order valence-corrected chi connectivity index (χ4v) is 4.94. The van der Waals surface area contributed by atoms with Crippen molar-refractivity contribution in [3.63, 3.8) is 0 Å². The molecule has 4 nitrogen and oxygen atoms in total. The van der Waals surface area contributed by atoms with Crippen molar-refractivity contribution in [2.45, 2.75) is 46.1 Å². The number of sulfone groups is 1. The molecule has 0 unspecified atom stereocenters. The minimum atomic E-state index is -2.92. The van der Waals surface area contributed by atoms with Gasteiger partial charge in [-0.25, -0.2) is 8.42 Å². The summed E-state index contributed by atoms with van der Waals surface area (Å²) in [5.41, 5.74) is 3.30. The molecule has 1 aromatic rings. The van der Waals surface area contributed by atoms with E-state index in [1.54, 1.807) is 0 Å². The first-order valence-corrected chi connectivity index (χ1v) is 10.4. The topological polar surface area (TPSA) is 49.4 Å². The number of nitrogens with zero attached hydrogens (tertiary/aromatic N) is 1. The fourth-order valence-electron chi connectivity index (χ4n) is 2.86. The van der Waals surface area contributed by atoms with Crippen LogP contribution in [0.15, 0.2) is 18.2 Å². The normalized spacial score (nSPS) is 19.5. The Hall–Kier alpha value is -1.14. The van der Waals surface area contributed by atoms with Crippen molar-refractivity contribution in [2.24, 2.45) is 0 Å². The largest absolute Gasteiger partial charge is 0.345 e. The lowest BCUT2D eigenvalue weighted by Gasteiger charge is -2.31. The summed E-state index contributed by atoms with van der Waals surface area (Å²) in [6.45, 7) is 7.02. The zero-order chi connectivity index (χ0) is 17.0. The highest BCUT2D eigenvalue weighted by Gasteiger charge is 2.33. The molecule has 0 amide bonds. The Morgan fingerprint density at radius 3 is 2.74 bits per heavy atom. The van der Waals surface area contributed by atoms with Crippen LogP contribution < -0.4 is 5.32 Å². The van der Waals surface area contributed by atoms with Gasteiger partial charge in [0.05, 0.1) is 11.5 Å². The first kappa shape index (κ1) is 18.2. The minimum Gasteiger partial charge on any atom is -0.345 e. The van der Waals surface area contributed by atoms with Gasteiger partial charge in [-0.2, -0.15) is 0 Å². The molecule has 1 aromatic carbocycles. The summed E-state index contributed by atoms with van der Waals surface area (Å²) in [5, 5.41) is 3.96. The maximum atomic E-state index is 11.8. The monoisotopic (exact) mass is 354 g/mol. The molecule has 1 saturated heterocycles. The van der Waals surface area contributed by atoms with Crippen molar-refractivity contribution in [1.29, 1.82) is 0 Å². The molecule has 1 aliphatic heterocycles. The Labute approximate surface area is 145 Å². The van der Waals surface area contributed by atoms with Gasteiger partial charge in [-0.1, -0.05) is 25.5 Å². The van der Waals surface area contributed by atoms with Crippen LogP contribution in [-0.2, 0) is 9.84 Å². The molecule has 2 rings (SSSR count). The smallest absolute Gasteiger partial charge is 0.173 e. The van der Waals surface area contributed by atoms with Gasteiger partial charge >= 0.3 is 0 Å². The number of hydrogen-bond acceptors (Lipinski definition) is 3. The third kappa shape index (κ3) is 4.91. The van der Waals surface area contributed by atoms with E-state index < -0.39 is 9.84 Å². The predicted octanol–water partition coefficient (Wildman–Crippen LogP) is 3.29. The average molecular weight is 355 g/mol. The zero-order valence-corrected chi connectivity index (χ0v) is 15.8. The van der Waals surface area contributed by atoms with Crippen LogP contribution in [0.5, 0.6) is 0 Å². The van der Waals surface area contributed by atoms with Crippen LogP contribution >= 0.6 is 12.2 Å². The third-order valence-corrected chi connectivity index (χ3v) is 6.38. The van der Waals surface area contributed by atoms with Gasteiger partial charge in [0.25, 0.3) is 0 Å². The fraction of sp³-hybridized carbons (Fsp3) is 0.588. The zero-order valence-electron chi connectivity index (χ0n) is 14.1. The highest BCUT2D eigenvalue weighted by Crippen LogP contribution is 2.22. The predicted molar refractivity (Wildman–Crippen MR) is 101 cm³/mol. The Morgan fingerprint density at radius 2 is 2.13 bits per heavy atom. The van der Waals surface area contributed by atoms with Crippen LogP contribution in [0.1, 0.15) is 37.3 Å². The van der Waals surface area contributed by atoms with E-state index in [9.17, 15) is 8.42 Å². The van der Waals surface area contributed by atoms with Gasteiger partial charge in [0.15, 0.2) is 14.9 Å². The molecule has 1 aliphatic rings. The number of benzene rings is 1. The molecule has 1 atom stereocenters. The molecule has 128 valence electrons. The van der Waals surface area contributed by atoms with E-state index in [1.165, 1.54) is 5.56 Å². The number of hydrogen-bond donors (Lipinski definition) is 1. The van der Waals surface area contributed by atoms with E-state index in [2.05, 4.69) is 35.3 Å². The number of nitrogens with one attached hydrogen (secondary N) is 1. The standard InChI is InChI=1S/C17H26N2O2S2/c1-4-5-9-19(15-8-10-23(20,21)12-15)17(22)18-16-11-13(2)6-7-14(16)3/h6-7,11,15H,4-5,8-10,12H2,1-3H3,(H,18,22)/t15-/m0/s1. The van der Waals surface area contributed by atoms with Gasteiger partial charge in [-0.05, 0) is 56.1 Å². The van der Waals surface area contributed by atoms with Crippen LogP contribution in [0.4, 0.5) is 5.69 Å². The Kier molecular flexibility index (Phi) is 6.03. The number of aryl methyl sites for hydroxylation is 2. The Morgan fingerprint density at radius 1 is 1.39 bits per heavy atom. The summed E-state index contributed by atoms with van der Waals surface area (Å²) in [6, 6.07) is 6.21. The molecule has 0 saturated carbocycles. The van der Waals surface area contributed by atoms with Gasteiger partial charge in [0.1, 0.15) is 0 Å². The second kappa shape index (κ2) is 7.62. The van der Waals surface area contributed by atoms with E-state index >= 15 is 0 Å². The number of rotatable bonds is 5. The molecule has 0 spiro atoms. The SMILES string of the molecule is CCCCN(C(=S)Nc1cc(C)ccc1C)[C@H]1CCS(=O)(=O)C1. The molecule has 0 radical (unpaired) electrons. The van der Waals surface area contributed by atoms with Gasteiger partial charge in [0.2, 0.25) is 0 Å². The van der Waals surface area contributed by atoms with E-state index in [-0.39, 0.29) is 17.5 Å². The van der Waals surface area contributed by atoms with Crippen molar-refractivity contribution in [2.75, 3.05) is 23.4 Å². The number of unbranched alkanes of at least 4 members (excludes halogenated alkanes) is 1. The quantitative estimate of drug-likeness (QED) is 0.822. The van der Waals surface area contributed by atoms with Crippen LogP contribution in [0.2, 0.25) is 0 Å². The van der Waals surface area contributed by atoms with E-state index in [1.807, 2.05) is 13.8 Å². The van der Waals surface area contributed by atoms with Crippen molar-refractivity contribution >= 4 is 32.9 Å². The van der Waals surface area contributed by atoms with Crippen LogP contribution in [0, 0.1) is 13.8 Å². The second-order valence-corrected chi connectivity index (χ2v) is 8.97. The summed E-state index contributed by atoms with van der Waals surface area (Å²) in [4.78, 5) is 2.07. The van der Waals surface area contributed by atoms with Gasteiger partial charge in [-0.3, -0.25) is 0 Å². The van der Waals surface area contributed by atoms with Gasteiger partial charge in [0, 0.05) is 18.3 Å². The number of thiocarbonyl (C=S) groups is 1. The van der Waals surface area contributed by atoms with E-state index in [0.717, 1.165) is 30.6 Å². The molecule has 1 N–H and O–H groups in total. The lowest BCUT2D eigenvalue weighted by molar-refractivity contribution is 0.333. The highest BCUT2D eigenvalue weighted by atomic mass is 32.2. The van der Waals surface area contributed by atoms with E-state index in [0.29, 0.717) is 11.5 Å². The van der Waals surface area contributed by atoms with Crippen LogP contribution in [-0.4, -0.2) is 42.5 Å². The summed E-state index contributed by atoms with van der Waals surface area (Å²) in [7, 11) is -2.92. The minimum absolute atomic E-state index is 0.00309. The lowest BCUT2D eigenvalue weighted by atomic mass is 10.1. The molecule has 0 aliphatic carbocycles. The first-order chi connectivity index (χ1) is 10.8. The van der Waals surface area contributed by atoms with Crippen molar-refractivity contribution in [3.8, 4) is 0 Å². The molecule has 0 bridgehead atoms. The van der Waals surface area contributed by atoms with Crippen molar-refractivity contribution in [1.82, 2.24) is 4.90 Å². The third-order valence-electron chi connectivity index (χ3n) is 4.30. The van der Waals surface area contributed by atoms with Gasteiger partial charge in [-0.15, -0.1) is 0 Å². The molecule has 1 heterocycles. The average Bonchev–Trinajstić information content (AvgIpc) is 2.83. The van der Waals surface area contributed by atoms with Crippen LogP contribution in [0.25, 0.3) is 0 Å². The maximum Gasteiger partial charge on any atom is 0.173 e. The maximum absolute atomic E-state index is 11.8. The van der Waals surface area contributed by atoms with E-state index in [4.69, 9.17) is 12.2 Å². The summed E-state index contributed by atoms with van der Waals surface area (Å²) in [6.07, 6.45) is 2.73. The molecule has 0 aromatic heterocycles. The highest BCUT2D eigenvalue weighted by molar-refractivity contribution is 7.91. The Bertz CT molecular complexity index is 671. The van der Waals surface area contributed by atoms with Crippen molar-refractivity contribution in [3.05, 3.63) is 29.3 Å². The number of anilines is 1. The summed E-state index contributed by atoms with van der Waals surface area (Å²) < 4.78 is 23.6. The van der Waals surface area contributed by atoms with Crippen LogP contribution in [0.3, 0.4) is 0 Å². The Balaban J connectivity index is 2.15. The molecular weight excluding hydrogens is 328 g/mol. The second-order valence-electron chi connectivity index (χ2n) is 6.35. The molecular formula is C17H26N2O2S2. The molecule has 6 heteroatoms.